The van der Waals surface area contributed by atoms with E-state index in [0.717, 1.165) is 47.3 Å². The number of benzene rings is 4. The van der Waals surface area contributed by atoms with Crippen molar-refractivity contribution in [3.05, 3.63) is 88.4 Å². The van der Waals surface area contributed by atoms with E-state index < -0.39 is 0 Å². The van der Waals surface area contributed by atoms with Crippen molar-refractivity contribution in [2.24, 2.45) is 0 Å². The van der Waals surface area contributed by atoms with Crippen molar-refractivity contribution < 1.29 is 9.53 Å². The van der Waals surface area contributed by atoms with Crippen LogP contribution in [0.1, 0.15) is 15.9 Å². The van der Waals surface area contributed by atoms with Gasteiger partial charge in [-0.2, -0.15) is 0 Å². The second-order valence-electron chi connectivity index (χ2n) is 7.41. The lowest BCUT2D eigenvalue weighted by Crippen LogP contribution is -2.14. The topological polar surface area (TPSA) is 51.2 Å². The highest BCUT2D eigenvalue weighted by molar-refractivity contribution is 9.10. The normalized spacial score (nSPS) is 11.1. The molecule has 0 fully saturated rings. The van der Waals surface area contributed by atoms with E-state index in [1.807, 2.05) is 73.7 Å². The van der Waals surface area contributed by atoms with Crippen molar-refractivity contribution in [2.45, 2.75) is 6.92 Å². The molecule has 5 rings (SSSR count). The van der Waals surface area contributed by atoms with Crippen LogP contribution in [0.15, 0.2) is 77.3 Å². The van der Waals surface area contributed by atoms with Crippen LogP contribution in [0, 0.1) is 6.92 Å². The molecular weight excluding hydrogens is 484 g/mol. The second kappa shape index (κ2) is 8.37. The van der Waals surface area contributed by atoms with Gasteiger partial charge < -0.3 is 10.1 Å². The Labute approximate surface area is 198 Å². The van der Waals surface area contributed by atoms with Gasteiger partial charge in [0.25, 0.3) is 5.91 Å². The number of hydrogen-bond acceptors (Lipinski definition) is 4. The molecule has 4 nitrogen and oxygen atoms in total. The number of carbonyl (C=O) groups is 1. The van der Waals surface area contributed by atoms with Crippen LogP contribution in [0.25, 0.3) is 31.6 Å². The standard InChI is InChI=1S/C26H19BrN2O2S/c1-15-17(26-29-21-11-5-6-13-22(21)32-26)10-7-12-20(15)28-25(30)19-14-16-8-3-4-9-18(16)23(27)24(19)31-2/h3-14H,1-2H3,(H,28,30). The zero-order valence-electron chi connectivity index (χ0n) is 17.5. The molecule has 1 N–H and O–H groups in total. The number of hydrogen-bond donors (Lipinski definition) is 1. The maximum absolute atomic E-state index is 13.3. The smallest absolute Gasteiger partial charge is 0.259 e. The van der Waals surface area contributed by atoms with Gasteiger partial charge in [-0.05, 0) is 63.5 Å². The zero-order valence-corrected chi connectivity index (χ0v) is 19.9. The maximum Gasteiger partial charge on any atom is 0.259 e. The fourth-order valence-corrected chi connectivity index (χ4v) is 5.62. The number of methoxy groups -OCH3 is 1. The Morgan fingerprint density at radius 1 is 1.03 bits per heavy atom. The largest absolute Gasteiger partial charge is 0.495 e. The summed E-state index contributed by atoms with van der Waals surface area (Å²) in [7, 11) is 1.57. The van der Waals surface area contributed by atoms with Crippen molar-refractivity contribution in [3.8, 4) is 16.3 Å². The quantitative estimate of drug-likeness (QED) is 0.277. The highest BCUT2D eigenvalue weighted by atomic mass is 79.9. The van der Waals surface area contributed by atoms with Crippen LogP contribution in [0.4, 0.5) is 5.69 Å². The molecule has 0 aliphatic heterocycles. The number of halogens is 1. The number of aromatic nitrogens is 1. The molecule has 5 aromatic rings. The van der Waals surface area contributed by atoms with Gasteiger partial charge in [-0.25, -0.2) is 4.98 Å². The molecule has 0 unspecified atom stereocenters. The van der Waals surface area contributed by atoms with Gasteiger partial charge in [0.2, 0.25) is 0 Å². The Morgan fingerprint density at radius 2 is 1.81 bits per heavy atom. The maximum atomic E-state index is 13.3. The van der Waals surface area contributed by atoms with Crippen LogP contribution in [-0.4, -0.2) is 18.0 Å². The summed E-state index contributed by atoms with van der Waals surface area (Å²) in [5.74, 6) is 0.291. The SMILES string of the molecule is COc1c(C(=O)Nc2cccc(-c3nc4ccccc4s3)c2C)cc2ccccc2c1Br. The van der Waals surface area contributed by atoms with E-state index in [4.69, 9.17) is 9.72 Å². The molecule has 0 saturated heterocycles. The third-order valence-electron chi connectivity index (χ3n) is 5.50. The molecule has 0 saturated carbocycles. The second-order valence-corrected chi connectivity index (χ2v) is 9.24. The zero-order chi connectivity index (χ0) is 22.2. The highest BCUT2D eigenvalue weighted by Crippen LogP contribution is 2.38. The fourth-order valence-electron chi connectivity index (χ4n) is 3.83. The van der Waals surface area contributed by atoms with Gasteiger partial charge in [0.05, 0.1) is 27.4 Å². The third-order valence-corrected chi connectivity index (χ3v) is 7.35. The summed E-state index contributed by atoms with van der Waals surface area (Å²) in [5, 5.41) is 5.97. The number of rotatable bonds is 4. The molecule has 32 heavy (non-hydrogen) atoms. The molecule has 158 valence electrons. The van der Waals surface area contributed by atoms with E-state index in [1.54, 1.807) is 18.4 Å². The number of nitrogens with one attached hydrogen (secondary N) is 1. The van der Waals surface area contributed by atoms with Crippen LogP contribution in [0.2, 0.25) is 0 Å². The van der Waals surface area contributed by atoms with Gasteiger partial charge in [-0.3, -0.25) is 4.79 Å². The van der Waals surface area contributed by atoms with Crippen LogP contribution < -0.4 is 10.1 Å². The van der Waals surface area contributed by atoms with Crippen LogP contribution in [-0.2, 0) is 0 Å². The summed E-state index contributed by atoms with van der Waals surface area (Å²) in [5.41, 5.74) is 4.18. The summed E-state index contributed by atoms with van der Waals surface area (Å²) >= 11 is 5.26. The molecule has 0 radical (unpaired) electrons. The number of anilines is 1. The fraction of sp³-hybridized carbons (Fsp3) is 0.0769. The summed E-state index contributed by atoms with van der Waals surface area (Å²) < 4.78 is 7.49. The van der Waals surface area contributed by atoms with Gasteiger partial charge in [0.15, 0.2) is 0 Å². The molecule has 0 aliphatic rings. The van der Waals surface area contributed by atoms with Crippen molar-refractivity contribution in [1.82, 2.24) is 4.98 Å². The molecule has 1 aromatic heterocycles. The lowest BCUT2D eigenvalue weighted by atomic mass is 10.0. The van der Waals surface area contributed by atoms with E-state index in [9.17, 15) is 4.79 Å². The number of para-hydroxylation sites is 1. The van der Waals surface area contributed by atoms with Crippen molar-refractivity contribution in [2.75, 3.05) is 12.4 Å². The minimum absolute atomic E-state index is 0.224. The Kier molecular flexibility index (Phi) is 5.41. The van der Waals surface area contributed by atoms with Crippen molar-refractivity contribution >= 4 is 59.9 Å². The molecular formula is C26H19BrN2O2S. The van der Waals surface area contributed by atoms with Crippen LogP contribution >= 0.6 is 27.3 Å². The average Bonchev–Trinajstić information content (AvgIpc) is 3.24. The summed E-state index contributed by atoms with van der Waals surface area (Å²) in [6, 6.07) is 23.7. The first-order valence-electron chi connectivity index (χ1n) is 10.1. The molecule has 6 heteroatoms. The summed E-state index contributed by atoms with van der Waals surface area (Å²) in [6.45, 7) is 2.00. The van der Waals surface area contributed by atoms with E-state index in [0.29, 0.717) is 11.3 Å². The molecule has 0 bridgehead atoms. The van der Waals surface area contributed by atoms with Crippen molar-refractivity contribution in [1.29, 1.82) is 0 Å². The van der Waals surface area contributed by atoms with E-state index in [-0.39, 0.29) is 5.91 Å². The van der Waals surface area contributed by atoms with Gasteiger partial charge in [-0.15, -0.1) is 11.3 Å². The molecule has 0 spiro atoms. The van der Waals surface area contributed by atoms with E-state index in [1.165, 1.54) is 0 Å². The lowest BCUT2D eigenvalue weighted by molar-refractivity contribution is 0.102. The Hall–Kier alpha value is -3.22. The number of amides is 1. The molecule has 4 aromatic carbocycles. The predicted octanol–water partition coefficient (Wildman–Crippen LogP) is 7.45. The molecule has 1 amide bonds. The Bertz CT molecular complexity index is 1460. The monoisotopic (exact) mass is 502 g/mol. The first-order valence-corrected chi connectivity index (χ1v) is 11.7. The molecule has 1 heterocycles. The first kappa shape index (κ1) is 20.7. The van der Waals surface area contributed by atoms with Gasteiger partial charge in [-0.1, -0.05) is 48.5 Å². The lowest BCUT2D eigenvalue weighted by Gasteiger charge is -2.15. The summed E-state index contributed by atoms with van der Waals surface area (Å²) in [6.07, 6.45) is 0. The average molecular weight is 503 g/mol. The minimum atomic E-state index is -0.224. The van der Waals surface area contributed by atoms with Gasteiger partial charge >= 0.3 is 0 Å². The Morgan fingerprint density at radius 3 is 2.62 bits per heavy atom. The highest BCUT2D eigenvalue weighted by Gasteiger charge is 2.20. The van der Waals surface area contributed by atoms with E-state index >= 15 is 0 Å². The minimum Gasteiger partial charge on any atom is -0.495 e. The summed E-state index contributed by atoms with van der Waals surface area (Å²) in [4.78, 5) is 18.1. The van der Waals surface area contributed by atoms with E-state index in [2.05, 4.69) is 27.3 Å². The third kappa shape index (κ3) is 3.55. The molecule has 0 atom stereocenters. The Balaban J connectivity index is 1.53. The number of carbonyl (C=O) groups excluding carboxylic acids is 1. The predicted molar refractivity (Wildman–Crippen MR) is 136 cm³/mol. The molecule has 0 aliphatic carbocycles. The number of thiazole rings is 1. The van der Waals surface area contributed by atoms with Crippen LogP contribution in [0.5, 0.6) is 5.75 Å². The first-order chi connectivity index (χ1) is 15.6. The number of nitrogens with zero attached hydrogens (tertiary/aromatic N) is 1. The van der Waals surface area contributed by atoms with Gasteiger partial charge in [0.1, 0.15) is 10.8 Å². The van der Waals surface area contributed by atoms with Crippen LogP contribution in [0.3, 0.4) is 0 Å². The van der Waals surface area contributed by atoms with Crippen molar-refractivity contribution in [3.63, 3.8) is 0 Å². The number of ether oxygens (including phenoxy) is 1. The number of fused-ring (bicyclic) bond motifs is 2. The van der Waals surface area contributed by atoms with Gasteiger partial charge in [0, 0.05) is 11.3 Å².